The number of nitrogens with zero attached hydrogens (tertiary/aromatic N) is 2. The lowest BCUT2D eigenvalue weighted by Crippen LogP contribution is -2.41. The summed E-state index contributed by atoms with van der Waals surface area (Å²) in [7, 11) is 0. The number of morpholine rings is 1. The summed E-state index contributed by atoms with van der Waals surface area (Å²) in [6.45, 7) is 2.38. The number of halogens is 4. The molecule has 1 aromatic heterocycles. The van der Waals surface area contributed by atoms with Crippen molar-refractivity contribution in [2.24, 2.45) is 0 Å². The van der Waals surface area contributed by atoms with Gasteiger partial charge in [-0.15, -0.1) is 0 Å². The number of pyridine rings is 1. The van der Waals surface area contributed by atoms with Crippen LogP contribution in [0.4, 0.5) is 23.2 Å². The predicted molar refractivity (Wildman–Crippen MR) is 112 cm³/mol. The third-order valence-electron chi connectivity index (χ3n) is 6.04. The Morgan fingerprint density at radius 2 is 1.84 bits per heavy atom. The minimum absolute atomic E-state index is 0.0172. The van der Waals surface area contributed by atoms with Crippen LogP contribution in [0.3, 0.4) is 0 Å². The Morgan fingerprint density at radius 3 is 2.56 bits per heavy atom. The van der Waals surface area contributed by atoms with E-state index < -0.39 is 17.6 Å². The molecule has 2 fully saturated rings. The van der Waals surface area contributed by atoms with E-state index in [4.69, 9.17) is 4.74 Å². The molecule has 2 aliphatic rings. The number of hydrogen-bond donors (Lipinski definition) is 1. The molecular weight excluding hydrogens is 426 g/mol. The highest BCUT2D eigenvalue weighted by Crippen LogP contribution is 2.44. The molecule has 1 aliphatic carbocycles. The molecule has 1 aromatic carbocycles. The molecule has 2 heterocycles. The van der Waals surface area contributed by atoms with Crippen molar-refractivity contribution in [3.05, 3.63) is 47.8 Å². The molecule has 1 saturated heterocycles. The van der Waals surface area contributed by atoms with Crippen molar-refractivity contribution in [2.45, 2.75) is 37.5 Å². The molecule has 1 amide bonds. The SMILES string of the molecule is O=C(CN1CCOCC1)Nc1c(-c2cc(F)ccc2F)ccnc1C1CCC(F)(F)CC1. The fraction of sp³-hybridized carbons (Fsp3) is 0.478. The lowest BCUT2D eigenvalue weighted by atomic mass is 9.83. The van der Waals surface area contributed by atoms with E-state index in [1.54, 1.807) is 0 Å². The summed E-state index contributed by atoms with van der Waals surface area (Å²) < 4.78 is 61.2. The van der Waals surface area contributed by atoms with E-state index in [1.807, 2.05) is 4.90 Å². The molecule has 172 valence electrons. The zero-order chi connectivity index (χ0) is 22.7. The van der Waals surface area contributed by atoms with Crippen LogP contribution < -0.4 is 5.32 Å². The minimum Gasteiger partial charge on any atom is -0.379 e. The number of carbonyl (C=O) groups is 1. The van der Waals surface area contributed by atoms with E-state index in [0.29, 0.717) is 32.0 Å². The van der Waals surface area contributed by atoms with Gasteiger partial charge in [-0.05, 0) is 37.1 Å². The van der Waals surface area contributed by atoms with Gasteiger partial charge in [-0.2, -0.15) is 0 Å². The van der Waals surface area contributed by atoms with Crippen molar-refractivity contribution in [1.82, 2.24) is 9.88 Å². The van der Waals surface area contributed by atoms with Gasteiger partial charge < -0.3 is 10.1 Å². The van der Waals surface area contributed by atoms with Crippen LogP contribution in [0.1, 0.15) is 37.3 Å². The van der Waals surface area contributed by atoms with Crippen LogP contribution >= 0.6 is 0 Å². The quantitative estimate of drug-likeness (QED) is 0.676. The Morgan fingerprint density at radius 1 is 1.12 bits per heavy atom. The van der Waals surface area contributed by atoms with E-state index in [-0.39, 0.29) is 60.9 Å². The van der Waals surface area contributed by atoms with Crippen LogP contribution in [0.15, 0.2) is 30.5 Å². The van der Waals surface area contributed by atoms with Crippen molar-refractivity contribution in [1.29, 1.82) is 0 Å². The average Bonchev–Trinajstić information content (AvgIpc) is 2.76. The Balaban J connectivity index is 1.68. The molecule has 4 rings (SSSR count). The molecule has 9 heteroatoms. The Kier molecular flexibility index (Phi) is 6.76. The second-order valence-electron chi connectivity index (χ2n) is 8.31. The number of anilines is 1. The molecule has 1 N–H and O–H groups in total. The molecule has 0 radical (unpaired) electrons. The van der Waals surface area contributed by atoms with Gasteiger partial charge in [0.25, 0.3) is 0 Å². The summed E-state index contributed by atoms with van der Waals surface area (Å²) in [5.41, 5.74) is 0.943. The lowest BCUT2D eigenvalue weighted by Gasteiger charge is -2.30. The normalized spacial score (nSPS) is 19.6. The third-order valence-corrected chi connectivity index (χ3v) is 6.04. The van der Waals surface area contributed by atoms with Crippen LogP contribution in [0.25, 0.3) is 11.1 Å². The number of alkyl halides is 2. The van der Waals surface area contributed by atoms with Gasteiger partial charge in [-0.25, -0.2) is 17.6 Å². The second-order valence-corrected chi connectivity index (χ2v) is 8.31. The number of rotatable bonds is 5. The summed E-state index contributed by atoms with van der Waals surface area (Å²) in [5, 5.41) is 2.83. The number of hydrogen-bond acceptors (Lipinski definition) is 4. The van der Waals surface area contributed by atoms with Crippen molar-refractivity contribution in [2.75, 3.05) is 38.2 Å². The third kappa shape index (κ3) is 5.27. The first kappa shape index (κ1) is 22.7. The number of ether oxygens (including phenoxy) is 1. The fourth-order valence-electron chi connectivity index (χ4n) is 4.30. The summed E-state index contributed by atoms with van der Waals surface area (Å²) in [5.74, 6) is -4.64. The van der Waals surface area contributed by atoms with Gasteiger partial charge >= 0.3 is 0 Å². The van der Waals surface area contributed by atoms with Gasteiger partial charge in [0.2, 0.25) is 11.8 Å². The topological polar surface area (TPSA) is 54.5 Å². The summed E-state index contributed by atoms with van der Waals surface area (Å²) in [6.07, 6.45) is 1.28. The maximum absolute atomic E-state index is 14.6. The molecule has 5 nitrogen and oxygen atoms in total. The zero-order valence-corrected chi connectivity index (χ0v) is 17.6. The van der Waals surface area contributed by atoms with Gasteiger partial charge in [0.05, 0.1) is 31.1 Å². The number of carbonyl (C=O) groups excluding carboxylic acids is 1. The Hall–Kier alpha value is -2.52. The first-order valence-electron chi connectivity index (χ1n) is 10.7. The molecule has 2 aromatic rings. The first-order chi connectivity index (χ1) is 15.3. The molecule has 0 unspecified atom stereocenters. The smallest absolute Gasteiger partial charge is 0.248 e. The maximum atomic E-state index is 14.6. The standard InChI is InChI=1S/C23H25F4N3O2/c24-16-1-2-19(25)18(13-16)17-5-8-28-21(15-3-6-23(26,27)7-4-15)22(17)29-20(31)14-30-9-11-32-12-10-30/h1-2,5,8,13,15H,3-4,6-7,9-12,14H2,(H,29,31). The summed E-state index contributed by atoms with van der Waals surface area (Å²) >= 11 is 0. The first-order valence-corrected chi connectivity index (χ1v) is 10.7. The lowest BCUT2D eigenvalue weighted by molar-refractivity contribution is -0.118. The van der Waals surface area contributed by atoms with Crippen molar-refractivity contribution >= 4 is 11.6 Å². The molecule has 0 atom stereocenters. The Labute approximate surface area is 183 Å². The van der Waals surface area contributed by atoms with E-state index in [2.05, 4.69) is 10.3 Å². The Bertz CT molecular complexity index is 970. The van der Waals surface area contributed by atoms with Gasteiger partial charge in [-0.1, -0.05) is 0 Å². The van der Waals surface area contributed by atoms with Gasteiger partial charge in [0.1, 0.15) is 11.6 Å². The van der Waals surface area contributed by atoms with Crippen LogP contribution in [0.2, 0.25) is 0 Å². The van der Waals surface area contributed by atoms with Gasteiger partial charge in [-0.3, -0.25) is 14.7 Å². The van der Waals surface area contributed by atoms with Gasteiger partial charge in [0.15, 0.2) is 0 Å². The van der Waals surface area contributed by atoms with E-state index in [9.17, 15) is 22.4 Å². The number of amides is 1. The molecule has 1 aliphatic heterocycles. The van der Waals surface area contributed by atoms with Crippen LogP contribution in [-0.2, 0) is 9.53 Å². The molecular formula is C23H25F4N3O2. The predicted octanol–water partition coefficient (Wildman–Crippen LogP) is 4.59. The summed E-state index contributed by atoms with van der Waals surface area (Å²) in [6, 6.07) is 4.59. The van der Waals surface area contributed by atoms with E-state index in [0.717, 1.165) is 18.2 Å². The van der Waals surface area contributed by atoms with Crippen molar-refractivity contribution in [3.8, 4) is 11.1 Å². The highest BCUT2D eigenvalue weighted by molar-refractivity contribution is 5.97. The monoisotopic (exact) mass is 451 g/mol. The van der Waals surface area contributed by atoms with E-state index in [1.165, 1.54) is 12.3 Å². The van der Waals surface area contributed by atoms with Crippen LogP contribution in [0.5, 0.6) is 0 Å². The van der Waals surface area contributed by atoms with Gasteiger partial charge in [0, 0.05) is 49.2 Å². The maximum Gasteiger partial charge on any atom is 0.248 e. The van der Waals surface area contributed by atoms with Crippen LogP contribution in [0, 0.1) is 11.6 Å². The highest BCUT2D eigenvalue weighted by Gasteiger charge is 2.37. The zero-order valence-electron chi connectivity index (χ0n) is 17.6. The van der Waals surface area contributed by atoms with E-state index >= 15 is 0 Å². The van der Waals surface area contributed by atoms with Crippen molar-refractivity contribution < 1.29 is 27.1 Å². The molecule has 0 bridgehead atoms. The number of nitrogens with one attached hydrogen (secondary N) is 1. The van der Waals surface area contributed by atoms with Crippen LogP contribution in [-0.4, -0.2) is 54.6 Å². The minimum atomic E-state index is -2.72. The molecule has 1 saturated carbocycles. The number of aromatic nitrogens is 1. The second kappa shape index (κ2) is 9.54. The molecule has 32 heavy (non-hydrogen) atoms. The largest absolute Gasteiger partial charge is 0.379 e. The van der Waals surface area contributed by atoms with Crippen molar-refractivity contribution in [3.63, 3.8) is 0 Å². The number of benzene rings is 1. The highest BCUT2D eigenvalue weighted by atomic mass is 19.3. The fourth-order valence-corrected chi connectivity index (χ4v) is 4.30. The molecule has 0 spiro atoms. The average molecular weight is 451 g/mol. The summed E-state index contributed by atoms with van der Waals surface area (Å²) in [4.78, 5) is 19.2.